The first kappa shape index (κ1) is 14.5. The first-order chi connectivity index (χ1) is 9.69. The van der Waals surface area contributed by atoms with E-state index < -0.39 is 0 Å². The van der Waals surface area contributed by atoms with Gasteiger partial charge in [0.2, 0.25) is 11.7 Å². The molecular formula is C15H21N3O2. The second kappa shape index (κ2) is 6.52. The van der Waals surface area contributed by atoms with E-state index in [1.807, 2.05) is 31.3 Å². The number of methoxy groups -OCH3 is 1. The van der Waals surface area contributed by atoms with Crippen LogP contribution in [0.4, 0.5) is 0 Å². The molecule has 20 heavy (non-hydrogen) atoms. The fourth-order valence-electron chi connectivity index (χ4n) is 2.28. The van der Waals surface area contributed by atoms with Gasteiger partial charge in [-0.2, -0.15) is 4.98 Å². The molecule has 1 aromatic heterocycles. The van der Waals surface area contributed by atoms with Crippen molar-refractivity contribution in [1.29, 1.82) is 0 Å². The van der Waals surface area contributed by atoms with Crippen molar-refractivity contribution in [1.82, 2.24) is 15.5 Å². The van der Waals surface area contributed by atoms with Gasteiger partial charge in [-0.15, -0.1) is 0 Å². The van der Waals surface area contributed by atoms with Gasteiger partial charge in [-0.05, 0) is 25.6 Å². The first-order valence-corrected chi connectivity index (χ1v) is 6.84. The standard InChI is InChI=1S/C15H21N3O2/c1-5-13(16-3)10(2)15-17-14(18-20-15)11-7-6-8-12(9-11)19-4/h6-10,13,16H,5H2,1-4H3. The van der Waals surface area contributed by atoms with Crippen molar-refractivity contribution in [2.75, 3.05) is 14.2 Å². The van der Waals surface area contributed by atoms with Crippen molar-refractivity contribution in [3.05, 3.63) is 30.2 Å². The average molecular weight is 275 g/mol. The third-order valence-electron chi connectivity index (χ3n) is 3.57. The molecule has 0 fully saturated rings. The summed E-state index contributed by atoms with van der Waals surface area (Å²) in [5, 5.41) is 7.33. The Morgan fingerprint density at radius 2 is 2.20 bits per heavy atom. The van der Waals surface area contributed by atoms with Gasteiger partial charge >= 0.3 is 0 Å². The Bertz CT molecular complexity index is 550. The van der Waals surface area contributed by atoms with Gasteiger partial charge in [0.1, 0.15) is 5.75 Å². The topological polar surface area (TPSA) is 60.2 Å². The zero-order valence-corrected chi connectivity index (χ0v) is 12.4. The monoisotopic (exact) mass is 275 g/mol. The molecule has 2 rings (SSSR count). The van der Waals surface area contributed by atoms with E-state index in [0.29, 0.717) is 17.8 Å². The first-order valence-electron chi connectivity index (χ1n) is 6.84. The number of rotatable bonds is 6. The van der Waals surface area contributed by atoms with Crippen molar-refractivity contribution >= 4 is 0 Å². The van der Waals surface area contributed by atoms with Crippen LogP contribution in [0.3, 0.4) is 0 Å². The van der Waals surface area contributed by atoms with Gasteiger partial charge < -0.3 is 14.6 Å². The van der Waals surface area contributed by atoms with Crippen LogP contribution in [0.15, 0.2) is 28.8 Å². The fourth-order valence-corrected chi connectivity index (χ4v) is 2.28. The molecule has 0 aliphatic carbocycles. The molecule has 2 unspecified atom stereocenters. The summed E-state index contributed by atoms with van der Waals surface area (Å²) in [5.74, 6) is 2.21. The second-order valence-corrected chi connectivity index (χ2v) is 4.78. The third kappa shape index (κ3) is 2.99. The lowest BCUT2D eigenvalue weighted by atomic mass is 10.00. The molecule has 0 saturated heterocycles. The van der Waals surface area contributed by atoms with E-state index in [0.717, 1.165) is 17.7 Å². The third-order valence-corrected chi connectivity index (χ3v) is 3.57. The van der Waals surface area contributed by atoms with Crippen molar-refractivity contribution in [3.8, 4) is 17.1 Å². The number of hydrogen-bond acceptors (Lipinski definition) is 5. The summed E-state index contributed by atoms with van der Waals surface area (Å²) < 4.78 is 10.6. The summed E-state index contributed by atoms with van der Waals surface area (Å²) in [6.07, 6.45) is 1.01. The Labute approximate surface area is 119 Å². The van der Waals surface area contributed by atoms with Gasteiger partial charge in [0.05, 0.1) is 13.0 Å². The summed E-state index contributed by atoms with van der Waals surface area (Å²) in [6.45, 7) is 4.23. The Kier molecular flexibility index (Phi) is 4.74. The molecule has 5 nitrogen and oxygen atoms in total. The molecule has 0 aliphatic rings. The molecule has 0 saturated carbocycles. The summed E-state index contributed by atoms with van der Waals surface area (Å²) in [7, 11) is 3.59. The smallest absolute Gasteiger partial charge is 0.231 e. The molecule has 2 atom stereocenters. The zero-order valence-electron chi connectivity index (χ0n) is 12.4. The van der Waals surface area contributed by atoms with E-state index >= 15 is 0 Å². The molecule has 1 heterocycles. The summed E-state index contributed by atoms with van der Waals surface area (Å²) in [5.41, 5.74) is 0.893. The zero-order chi connectivity index (χ0) is 14.5. The van der Waals surface area contributed by atoms with Crippen LogP contribution in [0.25, 0.3) is 11.4 Å². The van der Waals surface area contributed by atoms with Crippen LogP contribution >= 0.6 is 0 Å². The highest BCUT2D eigenvalue weighted by Crippen LogP contribution is 2.25. The highest BCUT2D eigenvalue weighted by Gasteiger charge is 2.22. The van der Waals surface area contributed by atoms with E-state index in [4.69, 9.17) is 9.26 Å². The second-order valence-electron chi connectivity index (χ2n) is 4.78. The number of aromatic nitrogens is 2. The predicted octanol–water partition coefficient (Wildman–Crippen LogP) is 2.85. The summed E-state index contributed by atoms with van der Waals surface area (Å²) >= 11 is 0. The van der Waals surface area contributed by atoms with Gasteiger partial charge in [-0.1, -0.05) is 31.1 Å². The van der Waals surface area contributed by atoms with Crippen LogP contribution in [0.1, 0.15) is 32.1 Å². The Balaban J connectivity index is 2.23. The average Bonchev–Trinajstić information content (AvgIpc) is 2.98. The number of nitrogens with zero attached hydrogens (tertiary/aromatic N) is 2. The van der Waals surface area contributed by atoms with E-state index in [2.05, 4.69) is 29.3 Å². The molecule has 5 heteroatoms. The van der Waals surface area contributed by atoms with Gasteiger partial charge in [0, 0.05) is 11.6 Å². The quantitative estimate of drug-likeness (QED) is 0.878. The van der Waals surface area contributed by atoms with E-state index in [1.54, 1.807) is 7.11 Å². The fraction of sp³-hybridized carbons (Fsp3) is 0.467. The minimum atomic E-state index is 0.178. The van der Waals surface area contributed by atoms with Crippen molar-refractivity contribution in [3.63, 3.8) is 0 Å². The number of likely N-dealkylation sites (N-methyl/N-ethyl adjacent to an activating group) is 1. The molecule has 0 radical (unpaired) electrons. The van der Waals surface area contributed by atoms with E-state index in [9.17, 15) is 0 Å². The van der Waals surface area contributed by atoms with E-state index in [1.165, 1.54) is 0 Å². The SMILES string of the molecule is CCC(NC)C(C)c1nc(-c2cccc(OC)c2)no1. The Morgan fingerprint density at radius 1 is 1.40 bits per heavy atom. The summed E-state index contributed by atoms with van der Waals surface area (Å²) in [4.78, 5) is 4.50. The summed E-state index contributed by atoms with van der Waals surface area (Å²) in [6, 6.07) is 7.97. The van der Waals surface area contributed by atoms with Crippen LogP contribution in [0, 0.1) is 0 Å². The van der Waals surface area contributed by atoms with Crippen LogP contribution < -0.4 is 10.1 Å². The maximum Gasteiger partial charge on any atom is 0.231 e. The Hall–Kier alpha value is -1.88. The van der Waals surface area contributed by atoms with Crippen molar-refractivity contribution in [2.24, 2.45) is 0 Å². The predicted molar refractivity (Wildman–Crippen MR) is 77.8 cm³/mol. The molecule has 2 aromatic rings. The van der Waals surface area contributed by atoms with Gasteiger partial charge in [0.15, 0.2) is 0 Å². The molecule has 1 N–H and O–H groups in total. The van der Waals surface area contributed by atoms with Crippen molar-refractivity contribution < 1.29 is 9.26 Å². The molecule has 0 spiro atoms. The molecular weight excluding hydrogens is 254 g/mol. The highest BCUT2D eigenvalue weighted by molar-refractivity contribution is 5.56. The van der Waals surface area contributed by atoms with Gasteiger partial charge in [0.25, 0.3) is 0 Å². The maximum atomic E-state index is 5.40. The van der Waals surface area contributed by atoms with Crippen LogP contribution in [0.2, 0.25) is 0 Å². The minimum absolute atomic E-state index is 0.178. The maximum absolute atomic E-state index is 5.40. The molecule has 108 valence electrons. The van der Waals surface area contributed by atoms with Gasteiger partial charge in [-0.3, -0.25) is 0 Å². The Morgan fingerprint density at radius 3 is 2.85 bits per heavy atom. The van der Waals surface area contributed by atoms with Crippen molar-refractivity contribution in [2.45, 2.75) is 32.2 Å². The normalized spacial score (nSPS) is 14.0. The molecule has 1 aromatic carbocycles. The number of benzene rings is 1. The largest absolute Gasteiger partial charge is 0.497 e. The molecule has 0 bridgehead atoms. The number of ether oxygens (including phenoxy) is 1. The minimum Gasteiger partial charge on any atom is -0.497 e. The lowest BCUT2D eigenvalue weighted by Crippen LogP contribution is -2.30. The lowest BCUT2D eigenvalue weighted by Gasteiger charge is -2.18. The number of nitrogens with one attached hydrogen (secondary N) is 1. The lowest BCUT2D eigenvalue weighted by molar-refractivity contribution is 0.326. The van der Waals surface area contributed by atoms with Crippen LogP contribution in [-0.4, -0.2) is 30.3 Å². The van der Waals surface area contributed by atoms with Gasteiger partial charge in [-0.25, -0.2) is 0 Å². The molecule has 0 aliphatic heterocycles. The number of hydrogen-bond donors (Lipinski definition) is 1. The van der Waals surface area contributed by atoms with Crippen LogP contribution in [-0.2, 0) is 0 Å². The van der Waals surface area contributed by atoms with Crippen LogP contribution in [0.5, 0.6) is 5.75 Å². The highest BCUT2D eigenvalue weighted by atomic mass is 16.5. The van der Waals surface area contributed by atoms with E-state index in [-0.39, 0.29) is 5.92 Å². The molecule has 0 amide bonds.